The molecular weight excluding hydrogens is 292 g/mol. The Morgan fingerprint density at radius 3 is 2.86 bits per heavy atom. The van der Waals surface area contributed by atoms with Crippen molar-refractivity contribution in [2.75, 3.05) is 11.9 Å². The van der Waals surface area contributed by atoms with Crippen LogP contribution in [0.4, 0.5) is 5.13 Å². The minimum Gasteiger partial charge on any atom is -0.466 e. The standard InChI is InChI=1S/C13H16N4O3S/c1-4-20-11(18)6-9-7-21-13(14-9)15-12(19)10-5-8(2)16-17(10)3/h5,7H,4,6H2,1-3H3,(H,14,15,19). The Morgan fingerprint density at radius 2 is 2.24 bits per heavy atom. The van der Waals surface area contributed by atoms with Crippen LogP contribution in [0, 0.1) is 6.92 Å². The van der Waals surface area contributed by atoms with Crippen molar-refractivity contribution < 1.29 is 14.3 Å². The highest BCUT2D eigenvalue weighted by Crippen LogP contribution is 2.17. The van der Waals surface area contributed by atoms with E-state index in [1.54, 1.807) is 25.4 Å². The van der Waals surface area contributed by atoms with Crippen LogP contribution in [0.3, 0.4) is 0 Å². The van der Waals surface area contributed by atoms with Gasteiger partial charge in [0.15, 0.2) is 5.13 Å². The molecule has 0 saturated carbocycles. The summed E-state index contributed by atoms with van der Waals surface area (Å²) in [5.41, 5.74) is 1.80. The van der Waals surface area contributed by atoms with Crippen LogP contribution >= 0.6 is 11.3 Å². The van der Waals surface area contributed by atoms with Crippen LogP contribution in [0.25, 0.3) is 0 Å². The molecule has 2 heterocycles. The van der Waals surface area contributed by atoms with Gasteiger partial charge in [-0.25, -0.2) is 4.98 Å². The van der Waals surface area contributed by atoms with Crippen LogP contribution in [0.1, 0.15) is 28.8 Å². The van der Waals surface area contributed by atoms with Gasteiger partial charge >= 0.3 is 5.97 Å². The zero-order valence-corrected chi connectivity index (χ0v) is 12.9. The molecule has 0 atom stereocenters. The highest BCUT2D eigenvalue weighted by Gasteiger charge is 2.14. The fourth-order valence-corrected chi connectivity index (χ4v) is 2.50. The van der Waals surface area contributed by atoms with Crippen molar-refractivity contribution in [2.45, 2.75) is 20.3 Å². The molecule has 0 unspecified atom stereocenters. The fraction of sp³-hybridized carbons (Fsp3) is 0.385. The lowest BCUT2D eigenvalue weighted by molar-refractivity contribution is -0.142. The summed E-state index contributed by atoms with van der Waals surface area (Å²) in [5, 5.41) is 8.98. The van der Waals surface area contributed by atoms with Crippen molar-refractivity contribution in [1.29, 1.82) is 0 Å². The second-order valence-corrected chi connectivity index (χ2v) is 5.23. The van der Waals surface area contributed by atoms with Gasteiger partial charge in [0.25, 0.3) is 5.91 Å². The molecule has 0 radical (unpaired) electrons. The van der Waals surface area contributed by atoms with Gasteiger partial charge < -0.3 is 4.74 Å². The largest absolute Gasteiger partial charge is 0.466 e. The molecular formula is C13H16N4O3S. The van der Waals surface area contributed by atoms with Gasteiger partial charge in [-0.3, -0.25) is 19.6 Å². The molecule has 2 aromatic heterocycles. The number of aryl methyl sites for hydroxylation is 2. The Balaban J connectivity index is 2.00. The summed E-state index contributed by atoms with van der Waals surface area (Å²) in [6.45, 7) is 3.91. The molecule has 112 valence electrons. The molecule has 0 spiro atoms. The smallest absolute Gasteiger partial charge is 0.311 e. The SMILES string of the molecule is CCOC(=O)Cc1csc(NC(=O)c2cc(C)nn2C)n1. The zero-order valence-electron chi connectivity index (χ0n) is 12.0. The van der Waals surface area contributed by atoms with E-state index >= 15 is 0 Å². The normalized spacial score (nSPS) is 10.4. The second-order valence-electron chi connectivity index (χ2n) is 4.37. The first-order valence-corrected chi connectivity index (χ1v) is 7.29. The van der Waals surface area contributed by atoms with Gasteiger partial charge in [0.05, 0.1) is 24.4 Å². The minimum atomic E-state index is -0.331. The van der Waals surface area contributed by atoms with E-state index in [9.17, 15) is 9.59 Å². The number of rotatable bonds is 5. The van der Waals surface area contributed by atoms with Crippen LogP contribution in [-0.4, -0.2) is 33.2 Å². The van der Waals surface area contributed by atoms with Gasteiger partial charge in [-0.1, -0.05) is 0 Å². The molecule has 0 saturated heterocycles. The van der Waals surface area contributed by atoms with Gasteiger partial charge in [-0.05, 0) is 19.9 Å². The van der Waals surface area contributed by atoms with Crippen molar-refractivity contribution in [3.05, 3.63) is 28.5 Å². The maximum Gasteiger partial charge on any atom is 0.311 e. The number of hydrogen-bond acceptors (Lipinski definition) is 6. The van der Waals surface area contributed by atoms with Crippen molar-refractivity contribution in [2.24, 2.45) is 7.05 Å². The molecule has 0 fully saturated rings. The van der Waals surface area contributed by atoms with Crippen LogP contribution in [0.2, 0.25) is 0 Å². The van der Waals surface area contributed by atoms with Crippen molar-refractivity contribution in [3.63, 3.8) is 0 Å². The monoisotopic (exact) mass is 308 g/mol. The van der Waals surface area contributed by atoms with Gasteiger partial charge in [0.2, 0.25) is 0 Å². The summed E-state index contributed by atoms with van der Waals surface area (Å²) in [6, 6.07) is 1.70. The van der Waals surface area contributed by atoms with E-state index in [2.05, 4.69) is 15.4 Å². The van der Waals surface area contributed by atoms with Gasteiger partial charge in [0.1, 0.15) is 5.69 Å². The minimum absolute atomic E-state index is 0.102. The Morgan fingerprint density at radius 1 is 1.48 bits per heavy atom. The average molecular weight is 308 g/mol. The lowest BCUT2D eigenvalue weighted by atomic mass is 10.3. The van der Waals surface area contributed by atoms with Gasteiger partial charge in [-0.15, -0.1) is 11.3 Å². The van der Waals surface area contributed by atoms with Crippen molar-refractivity contribution in [3.8, 4) is 0 Å². The van der Waals surface area contributed by atoms with E-state index in [1.807, 2.05) is 6.92 Å². The number of ether oxygens (including phenoxy) is 1. The predicted octanol–water partition coefficient (Wildman–Crippen LogP) is 1.54. The maximum absolute atomic E-state index is 12.1. The van der Waals surface area contributed by atoms with E-state index in [1.165, 1.54) is 16.0 Å². The zero-order chi connectivity index (χ0) is 15.4. The second kappa shape index (κ2) is 6.49. The highest BCUT2D eigenvalue weighted by molar-refractivity contribution is 7.14. The number of anilines is 1. The molecule has 0 aliphatic rings. The third-order valence-corrected chi connectivity index (χ3v) is 3.44. The Labute approximate surface area is 125 Å². The first-order valence-electron chi connectivity index (χ1n) is 6.41. The maximum atomic E-state index is 12.1. The molecule has 0 aliphatic carbocycles. The van der Waals surface area contributed by atoms with E-state index in [-0.39, 0.29) is 18.3 Å². The van der Waals surface area contributed by atoms with Gasteiger partial charge in [0, 0.05) is 12.4 Å². The summed E-state index contributed by atoms with van der Waals surface area (Å²) in [5.74, 6) is -0.613. The molecule has 2 rings (SSSR count). The lowest BCUT2D eigenvalue weighted by Crippen LogP contribution is -2.16. The molecule has 8 heteroatoms. The van der Waals surface area contributed by atoms with E-state index in [4.69, 9.17) is 4.74 Å². The third kappa shape index (κ3) is 3.88. The first-order chi connectivity index (χ1) is 9.99. The Kier molecular flexibility index (Phi) is 4.69. The van der Waals surface area contributed by atoms with Crippen LogP contribution in [-0.2, 0) is 23.0 Å². The predicted molar refractivity (Wildman–Crippen MR) is 78.3 cm³/mol. The fourth-order valence-electron chi connectivity index (χ4n) is 1.79. The molecule has 1 amide bonds. The molecule has 0 aromatic carbocycles. The number of nitrogens with zero attached hydrogens (tertiary/aromatic N) is 3. The van der Waals surface area contributed by atoms with E-state index in [0.717, 1.165) is 5.69 Å². The van der Waals surface area contributed by atoms with Crippen LogP contribution in [0.15, 0.2) is 11.4 Å². The molecule has 2 aromatic rings. The Hall–Kier alpha value is -2.22. The molecule has 0 aliphatic heterocycles. The lowest BCUT2D eigenvalue weighted by Gasteiger charge is -2.01. The molecule has 7 nitrogen and oxygen atoms in total. The number of esters is 1. The van der Waals surface area contributed by atoms with Gasteiger partial charge in [-0.2, -0.15) is 5.10 Å². The number of thiazole rings is 1. The number of hydrogen-bond donors (Lipinski definition) is 1. The topological polar surface area (TPSA) is 86.1 Å². The number of aromatic nitrogens is 3. The third-order valence-electron chi connectivity index (χ3n) is 2.64. The summed E-state index contributed by atoms with van der Waals surface area (Å²) in [6.07, 6.45) is 0.102. The van der Waals surface area contributed by atoms with E-state index < -0.39 is 0 Å². The van der Waals surface area contributed by atoms with Crippen LogP contribution in [0.5, 0.6) is 0 Å². The molecule has 1 N–H and O–H groups in total. The van der Waals surface area contributed by atoms with E-state index in [0.29, 0.717) is 23.1 Å². The molecule has 21 heavy (non-hydrogen) atoms. The number of nitrogens with one attached hydrogen (secondary N) is 1. The number of carbonyl (C=O) groups is 2. The highest BCUT2D eigenvalue weighted by atomic mass is 32.1. The van der Waals surface area contributed by atoms with Crippen LogP contribution < -0.4 is 5.32 Å². The quantitative estimate of drug-likeness (QED) is 0.847. The summed E-state index contributed by atoms with van der Waals surface area (Å²) >= 11 is 1.26. The molecule has 0 bridgehead atoms. The number of carbonyl (C=O) groups excluding carboxylic acids is 2. The summed E-state index contributed by atoms with van der Waals surface area (Å²) in [4.78, 5) is 27.6. The first kappa shape index (κ1) is 15.2. The van der Waals surface area contributed by atoms with Crippen molar-refractivity contribution in [1.82, 2.24) is 14.8 Å². The Bertz CT molecular complexity index is 662. The van der Waals surface area contributed by atoms with Crippen molar-refractivity contribution >= 4 is 28.3 Å². The average Bonchev–Trinajstić information content (AvgIpc) is 2.96. The summed E-state index contributed by atoms with van der Waals surface area (Å²) < 4.78 is 6.36. The number of amides is 1. The summed E-state index contributed by atoms with van der Waals surface area (Å²) in [7, 11) is 1.70.